The van der Waals surface area contributed by atoms with Gasteiger partial charge in [0.2, 0.25) is 5.91 Å². The molecule has 0 radical (unpaired) electrons. The second kappa shape index (κ2) is 8.78. The number of nitrogens with one attached hydrogen (secondary N) is 2. The molecular weight excluding hydrogens is 378 g/mol. The van der Waals surface area contributed by atoms with E-state index in [4.69, 9.17) is 0 Å². The van der Waals surface area contributed by atoms with Crippen LogP contribution < -0.4 is 10.6 Å². The Bertz CT molecular complexity index is 792. The molecule has 1 atom stereocenters. The van der Waals surface area contributed by atoms with E-state index in [0.29, 0.717) is 24.7 Å². The van der Waals surface area contributed by atoms with E-state index in [-0.39, 0.29) is 30.3 Å². The number of amides is 4. The molecule has 1 aliphatic carbocycles. The second-order valence-electron chi connectivity index (χ2n) is 9.70. The van der Waals surface area contributed by atoms with Crippen molar-refractivity contribution < 1.29 is 14.4 Å². The lowest BCUT2D eigenvalue weighted by atomic mass is 9.77. The molecule has 2 N–H and O–H groups in total. The van der Waals surface area contributed by atoms with Gasteiger partial charge in [-0.2, -0.15) is 0 Å². The molecule has 1 aliphatic heterocycles. The minimum Gasteiger partial charge on any atom is -0.347 e. The van der Waals surface area contributed by atoms with Crippen LogP contribution in [0.1, 0.15) is 83.4 Å². The first kappa shape index (κ1) is 22.3. The summed E-state index contributed by atoms with van der Waals surface area (Å²) in [6.45, 7) is 10.3. The third kappa shape index (κ3) is 4.52. The standard InChI is InChI=1S/C24H35N3O3/c1-15(2)18-6-8-19(9-7-18)21(16(3)4)25-20(28)14-27-22(29)24(26-23(27)30)12-10-17(5)11-13-24/h6-9,15-17,21H,10-14H2,1-5H3,(H,25,28)(H,26,30). The molecule has 3 rings (SSSR count). The van der Waals surface area contributed by atoms with Crippen LogP contribution in [0.2, 0.25) is 0 Å². The first-order valence-corrected chi connectivity index (χ1v) is 11.2. The Morgan fingerprint density at radius 3 is 2.20 bits per heavy atom. The van der Waals surface area contributed by atoms with E-state index in [9.17, 15) is 14.4 Å². The maximum absolute atomic E-state index is 13.0. The van der Waals surface area contributed by atoms with Crippen molar-refractivity contribution in [3.63, 3.8) is 0 Å². The average Bonchev–Trinajstić information content (AvgIpc) is 2.92. The number of carbonyl (C=O) groups excluding carboxylic acids is 3. The Labute approximate surface area is 179 Å². The molecule has 1 unspecified atom stereocenters. The van der Waals surface area contributed by atoms with E-state index in [1.54, 1.807) is 0 Å². The summed E-state index contributed by atoms with van der Waals surface area (Å²) in [5.74, 6) is 0.615. The van der Waals surface area contributed by atoms with Gasteiger partial charge in [0.05, 0.1) is 6.04 Å². The van der Waals surface area contributed by atoms with Crippen LogP contribution >= 0.6 is 0 Å². The van der Waals surface area contributed by atoms with Crippen LogP contribution in [0, 0.1) is 11.8 Å². The highest BCUT2D eigenvalue weighted by Gasteiger charge is 2.52. The van der Waals surface area contributed by atoms with Gasteiger partial charge in [-0.25, -0.2) is 4.79 Å². The molecule has 6 heteroatoms. The summed E-state index contributed by atoms with van der Waals surface area (Å²) in [5.41, 5.74) is 1.46. The molecule has 0 bridgehead atoms. The fourth-order valence-corrected chi connectivity index (χ4v) is 4.50. The lowest BCUT2D eigenvalue weighted by Crippen LogP contribution is -2.50. The molecule has 1 heterocycles. The number of imide groups is 1. The van der Waals surface area contributed by atoms with Crippen molar-refractivity contribution in [1.82, 2.24) is 15.5 Å². The molecule has 6 nitrogen and oxygen atoms in total. The quantitative estimate of drug-likeness (QED) is 0.689. The van der Waals surface area contributed by atoms with Crippen molar-refractivity contribution in [2.75, 3.05) is 6.54 Å². The monoisotopic (exact) mass is 413 g/mol. The van der Waals surface area contributed by atoms with Gasteiger partial charge in [0, 0.05) is 0 Å². The Balaban J connectivity index is 1.67. The van der Waals surface area contributed by atoms with Gasteiger partial charge >= 0.3 is 6.03 Å². The normalized spacial score (nSPS) is 25.2. The predicted molar refractivity (Wildman–Crippen MR) is 117 cm³/mol. The zero-order chi connectivity index (χ0) is 22.1. The van der Waals surface area contributed by atoms with Crippen molar-refractivity contribution >= 4 is 17.8 Å². The van der Waals surface area contributed by atoms with Gasteiger partial charge in [-0.1, -0.05) is 58.9 Å². The zero-order valence-electron chi connectivity index (χ0n) is 18.8. The van der Waals surface area contributed by atoms with Crippen molar-refractivity contribution in [2.45, 2.75) is 77.8 Å². The van der Waals surface area contributed by atoms with Gasteiger partial charge in [-0.05, 0) is 54.6 Å². The first-order chi connectivity index (χ1) is 14.1. The van der Waals surface area contributed by atoms with E-state index < -0.39 is 11.6 Å². The smallest absolute Gasteiger partial charge is 0.325 e. The van der Waals surface area contributed by atoms with Gasteiger partial charge < -0.3 is 10.6 Å². The zero-order valence-corrected chi connectivity index (χ0v) is 18.8. The van der Waals surface area contributed by atoms with E-state index in [1.165, 1.54) is 5.56 Å². The number of rotatable bonds is 6. The fourth-order valence-electron chi connectivity index (χ4n) is 4.50. The Morgan fingerprint density at radius 2 is 1.67 bits per heavy atom. The average molecular weight is 414 g/mol. The van der Waals surface area contributed by atoms with Gasteiger partial charge in [-0.3, -0.25) is 14.5 Å². The van der Waals surface area contributed by atoms with Crippen LogP contribution in [0.5, 0.6) is 0 Å². The molecule has 4 amide bonds. The Morgan fingerprint density at radius 1 is 1.10 bits per heavy atom. The number of nitrogens with zero attached hydrogens (tertiary/aromatic N) is 1. The third-order valence-corrected chi connectivity index (χ3v) is 6.62. The summed E-state index contributed by atoms with van der Waals surface area (Å²) in [6.07, 6.45) is 3.11. The van der Waals surface area contributed by atoms with E-state index in [0.717, 1.165) is 23.3 Å². The molecule has 1 saturated carbocycles. The van der Waals surface area contributed by atoms with E-state index >= 15 is 0 Å². The van der Waals surface area contributed by atoms with Gasteiger partial charge in [0.15, 0.2) is 0 Å². The highest BCUT2D eigenvalue weighted by Crippen LogP contribution is 2.36. The maximum atomic E-state index is 13.0. The Hall–Kier alpha value is -2.37. The van der Waals surface area contributed by atoms with Crippen LogP contribution in [-0.4, -0.2) is 34.8 Å². The highest BCUT2D eigenvalue weighted by molar-refractivity contribution is 6.09. The predicted octanol–water partition coefficient (Wildman–Crippen LogP) is 4.12. The summed E-state index contributed by atoms with van der Waals surface area (Å²) in [4.78, 5) is 39.3. The SMILES string of the molecule is CC1CCC2(CC1)NC(=O)N(CC(=O)NC(c1ccc(C(C)C)cc1)C(C)C)C2=O. The van der Waals surface area contributed by atoms with Crippen LogP contribution in [0.3, 0.4) is 0 Å². The topological polar surface area (TPSA) is 78.5 Å². The van der Waals surface area contributed by atoms with Gasteiger partial charge in [0.25, 0.3) is 5.91 Å². The number of benzene rings is 1. The van der Waals surface area contributed by atoms with Crippen LogP contribution in [0.15, 0.2) is 24.3 Å². The summed E-state index contributed by atoms with van der Waals surface area (Å²) in [6, 6.07) is 7.65. The lowest BCUT2D eigenvalue weighted by molar-refractivity contribution is -0.136. The number of carbonyl (C=O) groups is 3. The first-order valence-electron chi connectivity index (χ1n) is 11.2. The second-order valence-corrected chi connectivity index (χ2v) is 9.70. The van der Waals surface area contributed by atoms with Crippen molar-refractivity contribution in [2.24, 2.45) is 11.8 Å². The third-order valence-electron chi connectivity index (χ3n) is 6.62. The Kier molecular flexibility index (Phi) is 6.53. The maximum Gasteiger partial charge on any atom is 0.325 e. The molecule has 2 aliphatic rings. The molecule has 1 aromatic rings. The highest BCUT2D eigenvalue weighted by atomic mass is 16.2. The molecule has 0 aromatic heterocycles. The molecule has 30 heavy (non-hydrogen) atoms. The minimum absolute atomic E-state index is 0.174. The summed E-state index contributed by atoms with van der Waals surface area (Å²) >= 11 is 0. The fraction of sp³-hybridized carbons (Fsp3) is 0.625. The molecule has 1 saturated heterocycles. The van der Waals surface area contributed by atoms with E-state index in [1.807, 2.05) is 26.0 Å². The molecule has 1 spiro atoms. The van der Waals surface area contributed by atoms with Crippen LogP contribution in [0.25, 0.3) is 0 Å². The minimum atomic E-state index is -0.812. The summed E-state index contributed by atoms with van der Waals surface area (Å²) in [7, 11) is 0. The van der Waals surface area contributed by atoms with Gasteiger partial charge in [0.1, 0.15) is 12.1 Å². The van der Waals surface area contributed by atoms with Crippen molar-refractivity contribution in [3.8, 4) is 0 Å². The lowest BCUT2D eigenvalue weighted by Gasteiger charge is -2.33. The molecule has 1 aromatic carbocycles. The van der Waals surface area contributed by atoms with Crippen LogP contribution in [0.4, 0.5) is 4.79 Å². The largest absolute Gasteiger partial charge is 0.347 e. The van der Waals surface area contributed by atoms with Crippen LogP contribution in [-0.2, 0) is 9.59 Å². The molecular formula is C24H35N3O3. The van der Waals surface area contributed by atoms with Crippen molar-refractivity contribution in [1.29, 1.82) is 0 Å². The van der Waals surface area contributed by atoms with Crippen molar-refractivity contribution in [3.05, 3.63) is 35.4 Å². The number of hydrogen-bond donors (Lipinski definition) is 2. The summed E-state index contributed by atoms with van der Waals surface area (Å²) in [5, 5.41) is 5.91. The molecule has 2 fully saturated rings. The number of hydrogen-bond acceptors (Lipinski definition) is 3. The van der Waals surface area contributed by atoms with Gasteiger partial charge in [-0.15, -0.1) is 0 Å². The summed E-state index contributed by atoms with van der Waals surface area (Å²) < 4.78 is 0. The van der Waals surface area contributed by atoms with E-state index in [2.05, 4.69) is 43.5 Å². The number of urea groups is 1. The molecule has 164 valence electrons.